The van der Waals surface area contributed by atoms with Crippen molar-refractivity contribution in [1.82, 2.24) is 0 Å². The van der Waals surface area contributed by atoms with Gasteiger partial charge in [-0.15, -0.1) is 0 Å². The number of hydrogen-bond acceptors (Lipinski definition) is 4. The fourth-order valence-electron chi connectivity index (χ4n) is 1.21. The molecule has 4 nitrogen and oxygen atoms in total. The van der Waals surface area contributed by atoms with Crippen LogP contribution < -0.4 is 0 Å². The van der Waals surface area contributed by atoms with Gasteiger partial charge in [-0.2, -0.15) is 0 Å². The largest absolute Gasteiger partial charge is 0.462 e. The molecule has 0 amide bonds. The van der Waals surface area contributed by atoms with Crippen molar-refractivity contribution in [2.75, 3.05) is 6.61 Å². The highest BCUT2D eigenvalue weighted by Gasteiger charge is 2.21. The van der Waals surface area contributed by atoms with E-state index in [0.29, 0.717) is 13.0 Å². The van der Waals surface area contributed by atoms with Crippen LogP contribution in [0.1, 0.15) is 46.0 Å². The van der Waals surface area contributed by atoms with Gasteiger partial charge in [0.25, 0.3) is 0 Å². The van der Waals surface area contributed by atoms with Gasteiger partial charge >= 0.3 is 11.9 Å². The first-order valence-electron chi connectivity index (χ1n) is 5.97. The molecule has 0 saturated carbocycles. The van der Waals surface area contributed by atoms with Crippen molar-refractivity contribution in [3.63, 3.8) is 0 Å². The molecule has 0 atom stereocenters. The van der Waals surface area contributed by atoms with Gasteiger partial charge in [0.1, 0.15) is 16.9 Å². The predicted molar refractivity (Wildman–Crippen MR) is 70.2 cm³/mol. The van der Waals surface area contributed by atoms with Gasteiger partial charge in [0.15, 0.2) is 0 Å². The van der Waals surface area contributed by atoms with Crippen molar-refractivity contribution < 1.29 is 18.6 Å². The highest BCUT2D eigenvalue weighted by molar-refractivity contribution is 6.44. The predicted octanol–water partition coefficient (Wildman–Crippen LogP) is 3.71. The number of ether oxygens (including phenoxy) is 1. The van der Waals surface area contributed by atoms with Crippen LogP contribution in [0, 0.1) is 0 Å². The molecule has 0 aromatic heterocycles. The standard InChI is InChI=1S/C12H18Cl2O4/c1-3-5-7-9(10(13)12(16)18-14)11(15)17-8-6-4-2/h3-8H2,1-2H3/b10-9+. The summed E-state index contributed by atoms with van der Waals surface area (Å²) in [6, 6.07) is 0. The van der Waals surface area contributed by atoms with Crippen LogP contribution in [0.4, 0.5) is 0 Å². The first-order valence-corrected chi connectivity index (χ1v) is 6.65. The minimum atomic E-state index is -0.933. The van der Waals surface area contributed by atoms with Crippen LogP contribution in [0.3, 0.4) is 0 Å². The van der Waals surface area contributed by atoms with E-state index in [9.17, 15) is 9.59 Å². The van der Waals surface area contributed by atoms with Gasteiger partial charge in [0.05, 0.1) is 12.2 Å². The number of carbonyl (C=O) groups is 2. The second-order valence-electron chi connectivity index (χ2n) is 3.75. The van der Waals surface area contributed by atoms with E-state index < -0.39 is 11.9 Å². The van der Waals surface area contributed by atoms with E-state index in [1.807, 2.05) is 13.8 Å². The molecule has 0 aliphatic heterocycles. The zero-order valence-electron chi connectivity index (χ0n) is 10.6. The molecular weight excluding hydrogens is 279 g/mol. The van der Waals surface area contributed by atoms with Crippen LogP contribution in [0.15, 0.2) is 10.6 Å². The van der Waals surface area contributed by atoms with Crippen LogP contribution in [0.2, 0.25) is 0 Å². The Morgan fingerprint density at radius 2 is 1.67 bits per heavy atom. The van der Waals surface area contributed by atoms with E-state index in [-0.39, 0.29) is 10.6 Å². The maximum atomic E-state index is 11.8. The Kier molecular flexibility index (Phi) is 9.79. The number of unbranched alkanes of at least 4 members (excludes halogenated alkanes) is 2. The molecule has 0 spiro atoms. The molecule has 18 heavy (non-hydrogen) atoms. The SMILES string of the molecule is CCCCOC(=O)/C(CCCC)=C(/Cl)C(=O)OCl. The second-order valence-corrected chi connectivity index (χ2v) is 4.28. The minimum Gasteiger partial charge on any atom is -0.462 e. The normalized spacial score (nSPS) is 11.8. The van der Waals surface area contributed by atoms with Gasteiger partial charge in [0.2, 0.25) is 0 Å². The maximum Gasteiger partial charge on any atom is 0.368 e. The monoisotopic (exact) mass is 296 g/mol. The first kappa shape index (κ1) is 17.3. The van der Waals surface area contributed by atoms with Gasteiger partial charge in [-0.3, -0.25) is 0 Å². The number of carbonyl (C=O) groups excluding carboxylic acids is 2. The Hall–Kier alpha value is -0.740. The molecule has 6 heteroatoms. The molecule has 0 N–H and O–H groups in total. The van der Waals surface area contributed by atoms with E-state index >= 15 is 0 Å². The molecule has 0 fully saturated rings. The molecule has 0 aliphatic rings. The van der Waals surface area contributed by atoms with E-state index in [0.717, 1.165) is 25.7 Å². The topological polar surface area (TPSA) is 52.6 Å². The molecular formula is C12H18Cl2O4. The average molecular weight is 297 g/mol. The Morgan fingerprint density at radius 3 is 2.17 bits per heavy atom. The molecule has 0 aliphatic carbocycles. The summed E-state index contributed by atoms with van der Waals surface area (Å²) in [6.45, 7) is 4.26. The lowest BCUT2D eigenvalue weighted by Crippen LogP contribution is -2.13. The molecule has 0 aromatic carbocycles. The summed E-state index contributed by atoms with van der Waals surface area (Å²) in [5, 5.41) is -0.306. The summed E-state index contributed by atoms with van der Waals surface area (Å²) in [7, 11) is 0. The van der Waals surface area contributed by atoms with Crippen LogP contribution in [-0.2, 0) is 18.6 Å². The molecule has 0 radical (unpaired) electrons. The van der Waals surface area contributed by atoms with E-state index in [1.54, 1.807) is 0 Å². The van der Waals surface area contributed by atoms with E-state index in [2.05, 4.69) is 4.29 Å². The summed E-state index contributed by atoms with van der Waals surface area (Å²) in [4.78, 5) is 23.0. The van der Waals surface area contributed by atoms with Crippen LogP contribution in [-0.4, -0.2) is 18.5 Å². The fraction of sp³-hybridized carbons (Fsp3) is 0.667. The van der Waals surface area contributed by atoms with Gasteiger partial charge in [-0.25, -0.2) is 9.59 Å². The summed E-state index contributed by atoms with van der Waals surface area (Å²) in [5.74, 6) is -1.51. The Labute approximate surface area is 117 Å². The third kappa shape index (κ3) is 6.26. The molecule has 104 valence electrons. The second kappa shape index (κ2) is 10.2. The summed E-state index contributed by atoms with van der Waals surface area (Å²) in [5.41, 5.74) is 0.125. The lowest BCUT2D eigenvalue weighted by molar-refractivity contribution is -0.140. The van der Waals surface area contributed by atoms with Crippen molar-refractivity contribution in [3.8, 4) is 0 Å². The van der Waals surface area contributed by atoms with Crippen LogP contribution in [0.5, 0.6) is 0 Å². The molecule has 0 aromatic rings. The van der Waals surface area contributed by atoms with E-state index in [1.165, 1.54) is 0 Å². The van der Waals surface area contributed by atoms with Gasteiger partial charge in [-0.05, 0) is 19.3 Å². The van der Waals surface area contributed by atoms with Gasteiger partial charge < -0.3 is 9.03 Å². The highest BCUT2D eigenvalue weighted by atomic mass is 35.5. The fourth-order valence-corrected chi connectivity index (χ4v) is 1.54. The van der Waals surface area contributed by atoms with Gasteiger partial charge in [-0.1, -0.05) is 38.3 Å². The van der Waals surface area contributed by atoms with Crippen LogP contribution in [0.25, 0.3) is 0 Å². The first-order chi connectivity index (χ1) is 8.58. The van der Waals surface area contributed by atoms with Crippen molar-refractivity contribution in [1.29, 1.82) is 0 Å². The highest BCUT2D eigenvalue weighted by Crippen LogP contribution is 2.20. The molecule has 0 saturated heterocycles. The zero-order valence-corrected chi connectivity index (χ0v) is 12.1. The molecule has 0 rings (SSSR count). The average Bonchev–Trinajstić information content (AvgIpc) is 2.38. The Bertz CT molecular complexity index is 313. The number of hydrogen-bond donors (Lipinski definition) is 0. The lowest BCUT2D eigenvalue weighted by atomic mass is 10.1. The number of rotatable bonds is 8. The third-order valence-electron chi connectivity index (χ3n) is 2.27. The van der Waals surface area contributed by atoms with Crippen molar-refractivity contribution in [3.05, 3.63) is 10.6 Å². The smallest absolute Gasteiger partial charge is 0.368 e. The maximum absolute atomic E-state index is 11.8. The number of halogens is 2. The minimum absolute atomic E-state index is 0.125. The van der Waals surface area contributed by atoms with Gasteiger partial charge in [0, 0.05) is 0 Å². The summed E-state index contributed by atoms with van der Waals surface area (Å²) < 4.78 is 9.01. The summed E-state index contributed by atoms with van der Waals surface area (Å²) >= 11 is 10.7. The third-order valence-corrected chi connectivity index (χ3v) is 2.79. The Balaban J connectivity index is 4.75. The zero-order chi connectivity index (χ0) is 14.0. The Morgan fingerprint density at radius 1 is 1.06 bits per heavy atom. The molecule has 0 unspecified atom stereocenters. The van der Waals surface area contributed by atoms with Crippen LogP contribution >= 0.6 is 23.5 Å². The van der Waals surface area contributed by atoms with E-state index in [4.69, 9.17) is 28.2 Å². The van der Waals surface area contributed by atoms with Crippen molar-refractivity contribution in [2.45, 2.75) is 46.0 Å². The quantitative estimate of drug-likeness (QED) is 0.389. The summed E-state index contributed by atoms with van der Waals surface area (Å²) in [6.07, 6.45) is 3.64. The number of esters is 1. The molecule has 0 bridgehead atoms. The lowest BCUT2D eigenvalue weighted by Gasteiger charge is -2.09. The van der Waals surface area contributed by atoms with Crippen molar-refractivity contribution in [2.24, 2.45) is 0 Å². The van der Waals surface area contributed by atoms with Crippen molar-refractivity contribution >= 4 is 35.4 Å². The molecule has 0 heterocycles.